The Balaban J connectivity index is 3.23. The lowest BCUT2D eigenvalue weighted by atomic mass is 10.3. The lowest BCUT2D eigenvalue weighted by molar-refractivity contribution is -0.385. The van der Waals surface area contributed by atoms with E-state index in [4.69, 9.17) is 9.84 Å². The molecule has 100 valence electrons. The summed E-state index contributed by atoms with van der Waals surface area (Å²) in [5.41, 5.74) is -0.276. The van der Waals surface area contributed by atoms with Crippen molar-refractivity contribution in [1.29, 1.82) is 0 Å². The SMILES string of the molecule is CCCN(CCO)c1ncnc(OC)c1[N+](=O)[O-]. The summed E-state index contributed by atoms with van der Waals surface area (Å²) in [6.45, 7) is 2.66. The lowest BCUT2D eigenvalue weighted by Gasteiger charge is -2.21. The predicted molar refractivity (Wildman–Crippen MR) is 64.8 cm³/mol. The summed E-state index contributed by atoms with van der Waals surface area (Å²) in [5.74, 6) is 0.0896. The van der Waals surface area contributed by atoms with Gasteiger partial charge in [0.05, 0.1) is 18.6 Å². The molecule has 0 bridgehead atoms. The Morgan fingerprint density at radius 3 is 2.72 bits per heavy atom. The van der Waals surface area contributed by atoms with Gasteiger partial charge in [-0.25, -0.2) is 4.98 Å². The first-order valence-electron chi connectivity index (χ1n) is 5.54. The molecule has 0 aromatic carbocycles. The summed E-state index contributed by atoms with van der Waals surface area (Å²) in [6.07, 6.45) is 1.99. The van der Waals surface area contributed by atoms with E-state index >= 15 is 0 Å². The van der Waals surface area contributed by atoms with E-state index in [9.17, 15) is 10.1 Å². The van der Waals surface area contributed by atoms with Gasteiger partial charge in [-0.3, -0.25) is 10.1 Å². The Hall–Kier alpha value is -1.96. The average molecular weight is 256 g/mol. The molecule has 18 heavy (non-hydrogen) atoms. The molecule has 0 aliphatic heterocycles. The van der Waals surface area contributed by atoms with Gasteiger partial charge in [0.25, 0.3) is 5.88 Å². The monoisotopic (exact) mass is 256 g/mol. The summed E-state index contributed by atoms with van der Waals surface area (Å²) in [6, 6.07) is 0. The van der Waals surface area contributed by atoms with Crippen molar-refractivity contribution in [2.45, 2.75) is 13.3 Å². The minimum atomic E-state index is -0.575. The molecule has 1 aromatic heterocycles. The van der Waals surface area contributed by atoms with Crippen molar-refractivity contribution < 1.29 is 14.8 Å². The van der Waals surface area contributed by atoms with Crippen LogP contribution in [0, 0.1) is 10.1 Å². The van der Waals surface area contributed by atoms with Crippen LogP contribution in [0.15, 0.2) is 6.33 Å². The van der Waals surface area contributed by atoms with Crippen LogP contribution in [-0.4, -0.2) is 46.8 Å². The number of methoxy groups -OCH3 is 1. The van der Waals surface area contributed by atoms with Crippen molar-refractivity contribution in [3.8, 4) is 5.88 Å². The maximum absolute atomic E-state index is 11.1. The second-order valence-corrected chi connectivity index (χ2v) is 3.52. The first-order valence-corrected chi connectivity index (χ1v) is 5.54. The number of aliphatic hydroxyl groups excluding tert-OH is 1. The van der Waals surface area contributed by atoms with Gasteiger partial charge in [0.1, 0.15) is 6.33 Å². The molecule has 0 saturated heterocycles. The molecule has 0 unspecified atom stereocenters. The van der Waals surface area contributed by atoms with Crippen LogP contribution in [0.5, 0.6) is 5.88 Å². The first-order chi connectivity index (χ1) is 8.65. The van der Waals surface area contributed by atoms with Crippen LogP contribution in [0.4, 0.5) is 11.5 Å². The van der Waals surface area contributed by atoms with E-state index in [2.05, 4.69) is 9.97 Å². The highest BCUT2D eigenvalue weighted by Crippen LogP contribution is 2.32. The number of hydrogen-bond acceptors (Lipinski definition) is 7. The fraction of sp³-hybridized carbons (Fsp3) is 0.600. The van der Waals surface area contributed by atoms with E-state index in [-0.39, 0.29) is 30.5 Å². The molecule has 0 radical (unpaired) electrons. The zero-order valence-electron chi connectivity index (χ0n) is 10.4. The van der Waals surface area contributed by atoms with Gasteiger partial charge in [-0.15, -0.1) is 0 Å². The number of anilines is 1. The van der Waals surface area contributed by atoms with Crippen molar-refractivity contribution >= 4 is 11.5 Å². The Morgan fingerprint density at radius 1 is 1.50 bits per heavy atom. The summed E-state index contributed by atoms with van der Waals surface area (Å²) < 4.78 is 4.87. The minimum Gasteiger partial charge on any atom is -0.476 e. The number of aliphatic hydroxyl groups is 1. The van der Waals surface area contributed by atoms with Gasteiger partial charge in [0.2, 0.25) is 5.82 Å². The van der Waals surface area contributed by atoms with E-state index in [1.54, 1.807) is 4.90 Å². The van der Waals surface area contributed by atoms with Gasteiger partial charge in [-0.1, -0.05) is 6.92 Å². The number of aromatic nitrogens is 2. The molecule has 0 amide bonds. The molecule has 0 atom stereocenters. The number of nitro groups is 1. The smallest absolute Gasteiger partial charge is 0.372 e. The highest BCUT2D eigenvalue weighted by atomic mass is 16.6. The first kappa shape index (κ1) is 14.1. The minimum absolute atomic E-state index is 0.0796. The molecule has 0 fully saturated rings. The zero-order valence-corrected chi connectivity index (χ0v) is 10.4. The molecule has 1 rings (SSSR count). The molecule has 0 aliphatic carbocycles. The Kier molecular flexibility index (Phi) is 5.25. The second kappa shape index (κ2) is 6.70. The van der Waals surface area contributed by atoms with Crippen molar-refractivity contribution in [2.24, 2.45) is 0 Å². The predicted octanol–water partition coefficient (Wildman–Crippen LogP) is 0.602. The lowest BCUT2D eigenvalue weighted by Crippen LogP contribution is -2.29. The van der Waals surface area contributed by atoms with Crippen LogP contribution in [0.25, 0.3) is 0 Å². The molecule has 1 aromatic rings. The number of nitrogens with zero attached hydrogens (tertiary/aromatic N) is 4. The average Bonchev–Trinajstić information content (AvgIpc) is 2.37. The van der Waals surface area contributed by atoms with Crippen LogP contribution in [-0.2, 0) is 0 Å². The van der Waals surface area contributed by atoms with Crippen LogP contribution in [0.1, 0.15) is 13.3 Å². The summed E-state index contributed by atoms with van der Waals surface area (Å²) in [5, 5.41) is 20.1. The second-order valence-electron chi connectivity index (χ2n) is 3.52. The zero-order chi connectivity index (χ0) is 13.5. The van der Waals surface area contributed by atoms with E-state index in [1.165, 1.54) is 13.4 Å². The molecule has 0 saturated carbocycles. The number of ether oxygens (including phenoxy) is 1. The summed E-state index contributed by atoms with van der Waals surface area (Å²) in [7, 11) is 1.31. The third-order valence-corrected chi connectivity index (χ3v) is 2.31. The van der Waals surface area contributed by atoms with E-state index in [1.807, 2.05) is 6.92 Å². The molecule has 1 N–H and O–H groups in total. The molecule has 0 spiro atoms. The summed E-state index contributed by atoms with van der Waals surface area (Å²) >= 11 is 0. The number of rotatable bonds is 7. The van der Waals surface area contributed by atoms with E-state index in [0.717, 1.165) is 6.42 Å². The third-order valence-electron chi connectivity index (χ3n) is 2.31. The third kappa shape index (κ3) is 3.04. The molecule has 1 heterocycles. The van der Waals surface area contributed by atoms with Gasteiger partial charge in [0, 0.05) is 13.1 Å². The van der Waals surface area contributed by atoms with Crippen LogP contribution >= 0.6 is 0 Å². The van der Waals surface area contributed by atoms with Crippen molar-refractivity contribution in [1.82, 2.24) is 9.97 Å². The van der Waals surface area contributed by atoms with Crippen molar-refractivity contribution in [2.75, 3.05) is 31.7 Å². The molecular weight excluding hydrogens is 240 g/mol. The van der Waals surface area contributed by atoms with Crippen molar-refractivity contribution in [3.63, 3.8) is 0 Å². The van der Waals surface area contributed by atoms with Crippen molar-refractivity contribution in [3.05, 3.63) is 16.4 Å². The van der Waals surface area contributed by atoms with Gasteiger partial charge in [-0.05, 0) is 6.42 Å². The Morgan fingerprint density at radius 2 is 2.22 bits per heavy atom. The maximum atomic E-state index is 11.1. The fourth-order valence-corrected chi connectivity index (χ4v) is 1.61. The van der Waals surface area contributed by atoms with Gasteiger partial charge in [-0.2, -0.15) is 4.98 Å². The van der Waals surface area contributed by atoms with Gasteiger partial charge < -0.3 is 14.7 Å². The van der Waals surface area contributed by atoms with Crippen LogP contribution < -0.4 is 9.64 Å². The van der Waals surface area contributed by atoms with E-state index < -0.39 is 4.92 Å². The normalized spacial score (nSPS) is 10.2. The highest BCUT2D eigenvalue weighted by molar-refractivity contribution is 5.62. The van der Waals surface area contributed by atoms with Gasteiger partial charge in [0.15, 0.2) is 0 Å². The van der Waals surface area contributed by atoms with E-state index in [0.29, 0.717) is 6.54 Å². The molecule has 8 nitrogen and oxygen atoms in total. The topological polar surface area (TPSA) is 102 Å². The highest BCUT2D eigenvalue weighted by Gasteiger charge is 2.27. The Bertz CT molecular complexity index is 407. The largest absolute Gasteiger partial charge is 0.476 e. The Labute approximate surface area is 104 Å². The fourth-order valence-electron chi connectivity index (χ4n) is 1.61. The molecule has 8 heteroatoms. The number of hydrogen-bond donors (Lipinski definition) is 1. The summed E-state index contributed by atoms with van der Waals surface area (Å²) in [4.78, 5) is 19.8. The molecule has 0 aliphatic rings. The maximum Gasteiger partial charge on any atom is 0.372 e. The van der Waals surface area contributed by atoms with Crippen LogP contribution in [0.2, 0.25) is 0 Å². The quantitative estimate of drug-likeness (QED) is 0.563. The standard InChI is InChI=1S/C10H16N4O4/c1-3-4-13(5-6-15)9-8(14(16)17)10(18-2)12-7-11-9/h7,15H,3-6H2,1-2H3. The molecular formula is C10H16N4O4. The van der Waals surface area contributed by atoms with Crippen LogP contribution in [0.3, 0.4) is 0 Å². The van der Waals surface area contributed by atoms with Gasteiger partial charge >= 0.3 is 5.69 Å².